The van der Waals surface area contributed by atoms with Gasteiger partial charge in [0.15, 0.2) is 5.76 Å². The normalized spacial score (nSPS) is 17.0. The fraction of sp³-hybridized carbons (Fsp3) is 0.348. The molecule has 11 nitrogen and oxygen atoms in total. The Balaban J connectivity index is 1.54. The summed E-state index contributed by atoms with van der Waals surface area (Å²) < 4.78 is 6.31. The molecule has 1 saturated heterocycles. The van der Waals surface area contributed by atoms with E-state index in [0.717, 1.165) is 31.9 Å². The highest BCUT2D eigenvalue weighted by Crippen LogP contribution is 2.33. The highest BCUT2D eigenvalue weighted by Gasteiger charge is 2.39. The predicted molar refractivity (Wildman–Crippen MR) is 123 cm³/mol. The molecule has 2 aliphatic rings. The van der Waals surface area contributed by atoms with Crippen molar-refractivity contribution in [3.8, 4) is 0 Å². The number of ether oxygens (including phenoxy) is 1. The van der Waals surface area contributed by atoms with E-state index in [1.54, 1.807) is 0 Å². The van der Waals surface area contributed by atoms with Gasteiger partial charge in [-0.1, -0.05) is 0 Å². The number of carbonyl (C=O) groups excluding carboxylic acids is 3. The highest BCUT2D eigenvalue weighted by atomic mass is 16.5. The van der Waals surface area contributed by atoms with E-state index in [-0.39, 0.29) is 35.2 Å². The van der Waals surface area contributed by atoms with E-state index in [2.05, 4.69) is 31.8 Å². The lowest BCUT2D eigenvalue weighted by atomic mass is 9.95. The highest BCUT2D eigenvalue weighted by molar-refractivity contribution is 6.61. The number of ketones is 2. The van der Waals surface area contributed by atoms with E-state index in [4.69, 9.17) is 4.74 Å². The first kappa shape index (κ1) is 21.8. The van der Waals surface area contributed by atoms with Crippen LogP contribution in [-0.4, -0.2) is 80.3 Å². The minimum absolute atomic E-state index is 0.0390. The van der Waals surface area contributed by atoms with Crippen LogP contribution in [0.4, 0.5) is 5.69 Å². The minimum atomic E-state index is -0.884. The van der Waals surface area contributed by atoms with Gasteiger partial charge in [-0.25, -0.2) is 9.97 Å². The number of likely N-dealkylation sites (N-methyl/N-ethyl adjacent to an activating group) is 1. The molecule has 2 N–H and O–H groups in total. The summed E-state index contributed by atoms with van der Waals surface area (Å²) >= 11 is 0. The molecular formula is C23H24N6O5. The van der Waals surface area contributed by atoms with Gasteiger partial charge in [0.25, 0.3) is 5.78 Å². The second kappa shape index (κ2) is 8.10. The number of hydrogen-bond acceptors (Lipinski definition) is 9. The van der Waals surface area contributed by atoms with Crippen LogP contribution in [0.2, 0.25) is 0 Å². The molecule has 1 aromatic carbocycles. The van der Waals surface area contributed by atoms with Gasteiger partial charge in [0.05, 0.1) is 11.0 Å². The Morgan fingerprint density at radius 1 is 1.12 bits per heavy atom. The number of imidazole rings is 2. The Kier molecular flexibility index (Phi) is 5.20. The lowest BCUT2D eigenvalue weighted by molar-refractivity contribution is -0.142. The van der Waals surface area contributed by atoms with Crippen LogP contribution in [0.3, 0.4) is 0 Å². The Labute approximate surface area is 194 Å². The zero-order valence-corrected chi connectivity index (χ0v) is 19.1. The molecule has 0 bridgehead atoms. The number of aromatic nitrogens is 4. The molecule has 1 fully saturated rings. The topological polar surface area (TPSA) is 134 Å². The summed E-state index contributed by atoms with van der Waals surface area (Å²) in [6.45, 7) is 4.80. The minimum Gasteiger partial charge on any atom is -0.505 e. The Bertz CT molecular complexity index is 1380. The van der Waals surface area contributed by atoms with Crippen LogP contribution in [0.5, 0.6) is 0 Å². The van der Waals surface area contributed by atoms with Gasteiger partial charge in [-0.05, 0) is 25.2 Å². The standard InChI is InChI=1S/C23H24N6O5/c1-12(30)34-11-16-26-18-19(28(16)3)22(33)21(32)17(20(18)31)23-24-14-5-4-13(10-15(14)25-23)29-8-6-27(2)7-9-29/h4-5,10,31H,6-9,11H2,1-3H3,(H,24,25). The molecule has 0 amide bonds. The molecule has 0 spiro atoms. The summed E-state index contributed by atoms with van der Waals surface area (Å²) in [5.41, 5.74) is 2.00. The van der Waals surface area contributed by atoms with Crippen LogP contribution in [-0.2, 0) is 28.0 Å². The number of H-pyrrole nitrogens is 1. The number of benzene rings is 1. The van der Waals surface area contributed by atoms with Crippen molar-refractivity contribution in [2.45, 2.75) is 13.5 Å². The van der Waals surface area contributed by atoms with Crippen molar-refractivity contribution in [3.05, 3.63) is 41.2 Å². The van der Waals surface area contributed by atoms with Gasteiger partial charge < -0.3 is 29.2 Å². The maximum Gasteiger partial charge on any atom is 0.303 e. The Morgan fingerprint density at radius 2 is 1.85 bits per heavy atom. The third-order valence-electron chi connectivity index (χ3n) is 6.27. The van der Waals surface area contributed by atoms with E-state index in [9.17, 15) is 19.5 Å². The second-order valence-electron chi connectivity index (χ2n) is 8.52. The summed E-state index contributed by atoms with van der Waals surface area (Å²) in [5.74, 6) is -2.32. The quantitative estimate of drug-likeness (QED) is 0.433. The molecule has 11 heteroatoms. The number of nitrogens with one attached hydrogen (secondary N) is 1. The number of esters is 1. The molecule has 0 radical (unpaired) electrons. The molecule has 1 aliphatic carbocycles. The summed E-state index contributed by atoms with van der Waals surface area (Å²) in [7, 11) is 3.62. The molecule has 0 unspecified atom stereocenters. The summed E-state index contributed by atoms with van der Waals surface area (Å²) in [5, 5.41) is 10.9. The van der Waals surface area contributed by atoms with Crippen LogP contribution in [0, 0.1) is 0 Å². The van der Waals surface area contributed by atoms with Gasteiger partial charge in [0, 0.05) is 45.8 Å². The first-order chi connectivity index (χ1) is 16.2. The lowest BCUT2D eigenvalue weighted by Gasteiger charge is -2.34. The van der Waals surface area contributed by atoms with E-state index in [0.29, 0.717) is 11.0 Å². The average Bonchev–Trinajstić information content (AvgIpc) is 3.37. The SMILES string of the molecule is CC(=O)OCc1nc2c(n1C)C(=O)C(=O)C(c1nc3ccc(N4CCN(C)CC4)cc3[nH]1)=C2O. The number of Topliss-reactive ketones (excluding diaryl/α,β-unsaturated/α-hetero) is 2. The zero-order chi connectivity index (χ0) is 24.1. The first-order valence-electron chi connectivity index (χ1n) is 10.9. The molecule has 5 rings (SSSR count). The predicted octanol–water partition coefficient (Wildman–Crippen LogP) is 1.30. The molecule has 1 aliphatic heterocycles. The Morgan fingerprint density at radius 3 is 2.56 bits per heavy atom. The smallest absolute Gasteiger partial charge is 0.303 e. The maximum atomic E-state index is 13.0. The van der Waals surface area contributed by atoms with Gasteiger partial charge in [0.2, 0.25) is 5.78 Å². The molecule has 3 heterocycles. The Hall–Kier alpha value is -3.99. The molecule has 3 aromatic rings. The summed E-state index contributed by atoms with van der Waals surface area (Å²) in [4.78, 5) is 53.4. The van der Waals surface area contributed by atoms with Gasteiger partial charge in [-0.15, -0.1) is 0 Å². The maximum absolute atomic E-state index is 13.0. The molecule has 0 saturated carbocycles. The van der Waals surface area contributed by atoms with Gasteiger partial charge >= 0.3 is 5.97 Å². The third-order valence-corrected chi connectivity index (χ3v) is 6.27. The van der Waals surface area contributed by atoms with Crippen LogP contribution >= 0.6 is 0 Å². The number of nitrogens with zero attached hydrogens (tertiary/aromatic N) is 5. The van der Waals surface area contributed by atoms with E-state index < -0.39 is 23.3 Å². The van der Waals surface area contributed by atoms with Gasteiger partial charge in [0.1, 0.15) is 35.2 Å². The molecular weight excluding hydrogens is 440 g/mol. The second-order valence-corrected chi connectivity index (χ2v) is 8.52. The molecule has 0 atom stereocenters. The molecule has 34 heavy (non-hydrogen) atoms. The van der Waals surface area contributed by atoms with Crippen molar-refractivity contribution >= 4 is 45.6 Å². The average molecular weight is 464 g/mol. The van der Waals surface area contributed by atoms with Crippen molar-refractivity contribution in [2.24, 2.45) is 7.05 Å². The van der Waals surface area contributed by atoms with Crippen LogP contribution < -0.4 is 4.90 Å². The van der Waals surface area contributed by atoms with Crippen LogP contribution in [0.1, 0.15) is 34.8 Å². The lowest BCUT2D eigenvalue weighted by Crippen LogP contribution is -2.44. The van der Waals surface area contributed by atoms with Crippen LogP contribution in [0.15, 0.2) is 18.2 Å². The van der Waals surface area contributed by atoms with E-state index >= 15 is 0 Å². The molecule has 176 valence electrons. The number of carbonyl (C=O) groups is 3. The van der Waals surface area contributed by atoms with Crippen molar-refractivity contribution in [3.63, 3.8) is 0 Å². The largest absolute Gasteiger partial charge is 0.505 e. The fourth-order valence-corrected chi connectivity index (χ4v) is 4.31. The van der Waals surface area contributed by atoms with Gasteiger partial charge in [-0.3, -0.25) is 14.4 Å². The number of rotatable bonds is 4. The molecule has 2 aromatic heterocycles. The number of fused-ring (bicyclic) bond motifs is 2. The number of aliphatic hydroxyl groups excluding tert-OH is 1. The summed E-state index contributed by atoms with van der Waals surface area (Å²) in [6, 6.07) is 5.77. The zero-order valence-electron chi connectivity index (χ0n) is 19.1. The van der Waals surface area contributed by atoms with E-state index in [1.165, 1.54) is 18.5 Å². The number of piperazine rings is 1. The third kappa shape index (κ3) is 3.54. The summed E-state index contributed by atoms with van der Waals surface area (Å²) in [6.07, 6.45) is 0. The van der Waals surface area contributed by atoms with Crippen molar-refractivity contribution in [1.82, 2.24) is 24.4 Å². The van der Waals surface area contributed by atoms with Gasteiger partial charge in [-0.2, -0.15) is 0 Å². The van der Waals surface area contributed by atoms with Crippen molar-refractivity contribution in [1.29, 1.82) is 0 Å². The van der Waals surface area contributed by atoms with E-state index in [1.807, 2.05) is 18.2 Å². The number of aromatic amines is 1. The first-order valence-corrected chi connectivity index (χ1v) is 10.9. The number of allylic oxidation sites excluding steroid dienone is 1. The van der Waals surface area contributed by atoms with Crippen molar-refractivity contribution < 1.29 is 24.2 Å². The number of anilines is 1. The van der Waals surface area contributed by atoms with Crippen molar-refractivity contribution in [2.75, 3.05) is 38.1 Å². The fourth-order valence-electron chi connectivity index (χ4n) is 4.31. The van der Waals surface area contributed by atoms with Crippen LogP contribution in [0.25, 0.3) is 22.4 Å². The number of aliphatic hydroxyl groups is 1. The number of hydrogen-bond donors (Lipinski definition) is 2. The monoisotopic (exact) mass is 464 g/mol.